The number of ether oxygens (including phenoxy) is 1. The number of imide groups is 1. The van der Waals surface area contributed by atoms with E-state index in [1.807, 2.05) is 60.7 Å². The number of hydrogen-bond donors (Lipinski definition) is 0. The van der Waals surface area contributed by atoms with Crippen molar-refractivity contribution in [2.45, 2.75) is 115 Å². The Bertz CT molecular complexity index is 1400. The topological polar surface area (TPSA) is 46.6 Å². The highest BCUT2D eigenvalue weighted by Crippen LogP contribution is 2.50. The van der Waals surface area contributed by atoms with E-state index in [0.717, 1.165) is 48.8 Å². The summed E-state index contributed by atoms with van der Waals surface area (Å²) in [4.78, 5) is 30.4. The number of hydrogen-bond acceptors (Lipinski definition) is 3. The SMILES string of the molecule is CCCCC[C@H](C(=O)N1C(=O)OC(c2ccccc2)(c2ccccc2)[C@@H]1C(C)C)c1ccc2c(c1)C(C)(C)CCC2(C)C. The van der Waals surface area contributed by atoms with Gasteiger partial charge < -0.3 is 4.74 Å². The minimum atomic E-state index is -1.10. The minimum absolute atomic E-state index is 0.0285. The first kappa shape index (κ1) is 31.0. The zero-order chi connectivity index (χ0) is 31.0. The highest BCUT2D eigenvalue weighted by Gasteiger charge is 2.60. The van der Waals surface area contributed by atoms with Gasteiger partial charge in [-0.3, -0.25) is 4.79 Å². The minimum Gasteiger partial charge on any atom is -0.430 e. The molecule has 228 valence electrons. The summed E-state index contributed by atoms with van der Waals surface area (Å²) in [6.45, 7) is 15.6. The Kier molecular flexibility index (Phi) is 8.62. The molecule has 3 aromatic rings. The average Bonchev–Trinajstić information content (AvgIpc) is 3.32. The number of cyclic esters (lactones) is 1. The Hall–Kier alpha value is -3.40. The predicted molar refractivity (Wildman–Crippen MR) is 174 cm³/mol. The summed E-state index contributed by atoms with van der Waals surface area (Å²) in [7, 11) is 0. The molecule has 4 nitrogen and oxygen atoms in total. The molecule has 1 aliphatic heterocycles. The largest absolute Gasteiger partial charge is 0.430 e. The Labute approximate surface area is 258 Å². The summed E-state index contributed by atoms with van der Waals surface area (Å²) in [6, 6.07) is 26.1. The fourth-order valence-electron chi connectivity index (χ4n) is 7.56. The summed E-state index contributed by atoms with van der Waals surface area (Å²) in [6.07, 6.45) is 5.43. The Morgan fingerprint density at radius 3 is 1.93 bits per heavy atom. The molecule has 0 bridgehead atoms. The van der Waals surface area contributed by atoms with Crippen molar-refractivity contribution in [3.63, 3.8) is 0 Å². The van der Waals surface area contributed by atoms with Gasteiger partial charge in [0.2, 0.25) is 5.91 Å². The van der Waals surface area contributed by atoms with Crippen molar-refractivity contribution < 1.29 is 14.3 Å². The summed E-state index contributed by atoms with van der Waals surface area (Å²) in [5.74, 6) is -0.620. The fourth-order valence-corrected chi connectivity index (χ4v) is 7.56. The second-order valence-corrected chi connectivity index (χ2v) is 14.4. The second kappa shape index (κ2) is 11.9. The van der Waals surface area contributed by atoms with Crippen LogP contribution in [0.2, 0.25) is 0 Å². The summed E-state index contributed by atoms with van der Waals surface area (Å²) >= 11 is 0. The van der Waals surface area contributed by atoms with Crippen molar-refractivity contribution in [3.05, 3.63) is 107 Å². The molecule has 1 fully saturated rings. The van der Waals surface area contributed by atoms with Gasteiger partial charge in [-0.2, -0.15) is 0 Å². The molecule has 1 aliphatic carbocycles. The van der Waals surface area contributed by atoms with Gasteiger partial charge in [0.1, 0.15) is 0 Å². The van der Waals surface area contributed by atoms with Crippen LogP contribution in [0.1, 0.15) is 121 Å². The standard InChI is InChI=1S/C39H49NO3/c1-8-9-12-21-31(28-22-23-32-33(26-28)38(6,7)25-24-37(32,4)5)35(41)40-34(27(2)3)39(43-36(40)42,29-17-13-10-14-18-29)30-19-15-11-16-20-30/h10-11,13-20,22-23,26-27,31,34H,8-9,12,21,24-25H2,1-7H3/t31-,34-/m0/s1. The van der Waals surface area contributed by atoms with Crippen LogP contribution in [0.4, 0.5) is 4.79 Å². The van der Waals surface area contributed by atoms with Crippen LogP contribution in [-0.2, 0) is 26.0 Å². The van der Waals surface area contributed by atoms with E-state index < -0.39 is 23.7 Å². The summed E-state index contributed by atoms with van der Waals surface area (Å²) in [5.41, 5.74) is 4.50. The number of fused-ring (bicyclic) bond motifs is 1. The normalized spacial score (nSPS) is 20.9. The number of rotatable bonds is 9. The third-order valence-corrected chi connectivity index (χ3v) is 10.1. The molecule has 0 unspecified atom stereocenters. The van der Waals surface area contributed by atoms with E-state index >= 15 is 0 Å². The lowest BCUT2D eigenvalue weighted by atomic mass is 9.62. The van der Waals surface area contributed by atoms with Gasteiger partial charge >= 0.3 is 6.09 Å². The first-order chi connectivity index (χ1) is 20.4. The monoisotopic (exact) mass is 579 g/mol. The quantitative estimate of drug-likeness (QED) is 0.237. The van der Waals surface area contributed by atoms with Crippen molar-refractivity contribution in [1.29, 1.82) is 0 Å². The Morgan fingerprint density at radius 1 is 0.837 bits per heavy atom. The number of carbonyl (C=O) groups is 2. The smallest absolute Gasteiger partial charge is 0.418 e. The molecule has 0 aromatic heterocycles. The van der Waals surface area contributed by atoms with Gasteiger partial charge in [0, 0.05) is 11.1 Å². The lowest BCUT2D eigenvalue weighted by Gasteiger charge is -2.42. The van der Waals surface area contributed by atoms with Gasteiger partial charge in [0.25, 0.3) is 0 Å². The van der Waals surface area contributed by atoms with E-state index in [9.17, 15) is 9.59 Å². The molecule has 0 radical (unpaired) electrons. The van der Waals surface area contributed by atoms with Crippen LogP contribution in [0, 0.1) is 5.92 Å². The van der Waals surface area contributed by atoms with E-state index in [1.165, 1.54) is 16.0 Å². The van der Waals surface area contributed by atoms with Crippen molar-refractivity contribution in [3.8, 4) is 0 Å². The van der Waals surface area contributed by atoms with E-state index in [0.29, 0.717) is 6.42 Å². The third-order valence-electron chi connectivity index (χ3n) is 10.1. The van der Waals surface area contributed by atoms with Crippen LogP contribution in [0.5, 0.6) is 0 Å². The van der Waals surface area contributed by atoms with Gasteiger partial charge in [-0.1, -0.05) is 147 Å². The number of unbranched alkanes of at least 4 members (excludes halogenated alkanes) is 2. The fraction of sp³-hybridized carbons (Fsp3) is 0.487. The van der Waals surface area contributed by atoms with Crippen molar-refractivity contribution >= 4 is 12.0 Å². The molecule has 0 N–H and O–H groups in total. The lowest BCUT2D eigenvalue weighted by molar-refractivity contribution is -0.132. The molecule has 2 atom stereocenters. The molecule has 2 amide bonds. The van der Waals surface area contributed by atoms with Crippen LogP contribution in [0.25, 0.3) is 0 Å². The highest BCUT2D eigenvalue weighted by molar-refractivity contribution is 5.98. The van der Waals surface area contributed by atoms with E-state index in [4.69, 9.17) is 4.74 Å². The lowest BCUT2D eigenvalue weighted by Crippen LogP contribution is -2.51. The average molecular weight is 580 g/mol. The number of amides is 2. The first-order valence-corrected chi connectivity index (χ1v) is 16.3. The first-order valence-electron chi connectivity index (χ1n) is 16.3. The molecule has 1 heterocycles. The molecule has 5 rings (SSSR count). The predicted octanol–water partition coefficient (Wildman–Crippen LogP) is 9.65. The molecule has 43 heavy (non-hydrogen) atoms. The van der Waals surface area contributed by atoms with Crippen LogP contribution in [0.3, 0.4) is 0 Å². The maximum absolute atomic E-state index is 14.9. The van der Waals surface area contributed by atoms with Crippen molar-refractivity contribution in [1.82, 2.24) is 4.90 Å². The Morgan fingerprint density at radius 2 is 1.40 bits per heavy atom. The molecular formula is C39H49NO3. The van der Waals surface area contributed by atoms with Gasteiger partial charge in [-0.15, -0.1) is 0 Å². The molecule has 0 saturated carbocycles. The van der Waals surface area contributed by atoms with Crippen LogP contribution >= 0.6 is 0 Å². The van der Waals surface area contributed by atoms with Gasteiger partial charge in [0.05, 0.1) is 12.0 Å². The van der Waals surface area contributed by atoms with Crippen molar-refractivity contribution in [2.24, 2.45) is 5.92 Å². The molecule has 1 saturated heterocycles. The summed E-state index contributed by atoms with van der Waals surface area (Å²) < 4.78 is 6.46. The molecule has 4 heteroatoms. The van der Waals surface area contributed by atoms with Crippen LogP contribution < -0.4 is 0 Å². The molecule has 0 spiro atoms. The second-order valence-electron chi connectivity index (χ2n) is 14.4. The summed E-state index contributed by atoms with van der Waals surface area (Å²) in [5, 5.41) is 0. The molecule has 3 aromatic carbocycles. The molecule has 2 aliphatic rings. The van der Waals surface area contributed by atoms with Crippen LogP contribution in [0.15, 0.2) is 78.9 Å². The highest BCUT2D eigenvalue weighted by atomic mass is 16.6. The number of nitrogens with zero attached hydrogens (tertiary/aromatic N) is 1. The van der Waals surface area contributed by atoms with Gasteiger partial charge in [0.15, 0.2) is 5.60 Å². The number of carbonyl (C=O) groups excluding carboxylic acids is 2. The van der Waals surface area contributed by atoms with Gasteiger partial charge in [-0.25, -0.2) is 9.69 Å². The van der Waals surface area contributed by atoms with E-state index in [1.54, 1.807) is 0 Å². The van der Waals surface area contributed by atoms with E-state index in [2.05, 4.69) is 66.7 Å². The maximum atomic E-state index is 14.9. The third kappa shape index (κ3) is 5.54. The zero-order valence-corrected chi connectivity index (χ0v) is 27.2. The van der Waals surface area contributed by atoms with E-state index in [-0.39, 0.29) is 22.7 Å². The number of benzene rings is 3. The maximum Gasteiger partial charge on any atom is 0.418 e. The van der Waals surface area contributed by atoms with Gasteiger partial charge in [-0.05, 0) is 52.7 Å². The van der Waals surface area contributed by atoms with Crippen LogP contribution in [-0.4, -0.2) is 22.9 Å². The molecular weight excluding hydrogens is 530 g/mol. The zero-order valence-electron chi connectivity index (χ0n) is 27.2. The van der Waals surface area contributed by atoms with Crippen molar-refractivity contribution in [2.75, 3.05) is 0 Å². The Balaban J connectivity index is 1.63.